The molecule has 63 valence electrons. The Morgan fingerprint density at radius 2 is 2.08 bits per heavy atom. The van der Waals surface area contributed by atoms with Gasteiger partial charge in [-0.2, -0.15) is 0 Å². The topological polar surface area (TPSA) is 43.2 Å². The predicted octanol–water partition coefficient (Wildman–Crippen LogP) is 0.608. The molecule has 3 nitrogen and oxygen atoms in total. The zero-order valence-electron chi connectivity index (χ0n) is 6.95. The molecule has 0 fully saturated rings. The van der Waals surface area contributed by atoms with Crippen LogP contribution in [0.15, 0.2) is 30.3 Å². The SMILES string of the molecule is CNC[N]C(=O)c1ccccc1. The van der Waals surface area contributed by atoms with Gasteiger partial charge in [-0.15, -0.1) is 0 Å². The van der Waals surface area contributed by atoms with Crippen LogP contribution in [0.3, 0.4) is 0 Å². The second-order valence-corrected chi connectivity index (χ2v) is 2.34. The van der Waals surface area contributed by atoms with E-state index in [1.165, 1.54) is 0 Å². The number of rotatable bonds is 3. The predicted molar refractivity (Wildman–Crippen MR) is 46.8 cm³/mol. The Hall–Kier alpha value is -1.35. The molecular weight excluding hydrogens is 152 g/mol. The number of carbonyl (C=O) groups is 1. The lowest BCUT2D eigenvalue weighted by Crippen LogP contribution is -2.25. The van der Waals surface area contributed by atoms with Gasteiger partial charge in [0.05, 0.1) is 6.67 Å². The normalized spacial score (nSPS) is 9.42. The zero-order valence-corrected chi connectivity index (χ0v) is 6.95. The van der Waals surface area contributed by atoms with Crippen molar-refractivity contribution in [2.75, 3.05) is 13.7 Å². The summed E-state index contributed by atoms with van der Waals surface area (Å²) in [6.45, 7) is 0.369. The van der Waals surface area contributed by atoms with Crippen molar-refractivity contribution in [2.24, 2.45) is 0 Å². The van der Waals surface area contributed by atoms with Crippen LogP contribution >= 0.6 is 0 Å². The molecule has 1 N–H and O–H groups in total. The fraction of sp³-hybridized carbons (Fsp3) is 0.222. The van der Waals surface area contributed by atoms with Gasteiger partial charge in [0, 0.05) is 5.56 Å². The first-order valence-corrected chi connectivity index (χ1v) is 3.76. The minimum atomic E-state index is -0.176. The number of carbonyl (C=O) groups excluding carboxylic acids is 1. The van der Waals surface area contributed by atoms with Gasteiger partial charge in [0.1, 0.15) is 0 Å². The molecule has 0 aliphatic carbocycles. The van der Waals surface area contributed by atoms with Gasteiger partial charge in [-0.25, -0.2) is 5.32 Å². The third-order valence-corrected chi connectivity index (χ3v) is 1.40. The maximum absolute atomic E-state index is 11.2. The van der Waals surface area contributed by atoms with Gasteiger partial charge in [-0.1, -0.05) is 18.2 Å². The standard InChI is InChI=1S/C9H11N2O/c1-10-7-11-9(12)8-5-3-2-4-6-8/h2-6,10H,7H2,1H3. The van der Waals surface area contributed by atoms with Gasteiger partial charge in [0.25, 0.3) is 5.91 Å². The Morgan fingerprint density at radius 1 is 1.42 bits per heavy atom. The van der Waals surface area contributed by atoms with E-state index < -0.39 is 0 Å². The summed E-state index contributed by atoms with van der Waals surface area (Å²) in [6, 6.07) is 9.02. The summed E-state index contributed by atoms with van der Waals surface area (Å²) >= 11 is 0. The number of amides is 1. The highest BCUT2D eigenvalue weighted by Crippen LogP contribution is 1.97. The Balaban J connectivity index is 2.54. The molecule has 0 heterocycles. The summed E-state index contributed by atoms with van der Waals surface area (Å²) in [5, 5.41) is 6.54. The van der Waals surface area contributed by atoms with Crippen LogP contribution in [0.2, 0.25) is 0 Å². The number of nitrogens with zero attached hydrogens (tertiary/aromatic N) is 1. The van der Waals surface area contributed by atoms with Crippen LogP contribution in [0, 0.1) is 0 Å². The molecular formula is C9H11N2O. The molecule has 0 aliphatic heterocycles. The van der Waals surface area contributed by atoms with E-state index in [1.807, 2.05) is 18.2 Å². The fourth-order valence-electron chi connectivity index (χ4n) is 0.823. The van der Waals surface area contributed by atoms with Gasteiger partial charge in [0.2, 0.25) is 0 Å². The lowest BCUT2D eigenvalue weighted by atomic mass is 10.2. The van der Waals surface area contributed by atoms with E-state index in [9.17, 15) is 4.79 Å². The van der Waals surface area contributed by atoms with Crippen molar-refractivity contribution in [2.45, 2.75) is 0 Å². The van der Waals surface area contributed by atoms with E-state index in [0.29, 0.717) is 12.2 Å². The van der Waals surface area contributed by atoms with Crippen LogP contribution in [0.5, 0.6) is 0 Å². The third kappa shape index (κ3) is 2.36. The monoisotopic (exact) mass is 163 g/mol. The molecule has 0 saturated carbocycles. The van der Waals surface area contributed by atoms with Gasteiger partial charge in [-0.3, -0.25) is 4.79 Å². The van der Waals surface area contributed by atoms with Crippen molar-refractivity contribution in [1.82, 2.24) is 10.6 Å². The Labute approximate surface area is 71.8 Å². The van der Waals surface area contributed by atoms with Crippen molar-refractivity contribution in [1.29, 1.82) is 0 Å². The molecule has 1 amide bonds. The van der Waals surface area contributed by atoms with Gasteiger partial charge in [-0.05, 0) is 19.2 Å². The number of hydrogen-bond donors (Lipinski definition) is 1. The molecule has 1 rings (SSSR count). The van der Waals surface area contributed by atoms with Gasteiger partial charge >= 0.3 is 0 Å². The molecule has 0 unspecified atom stereocenters. The summed E-state index contributed by atoms with van der Waals surface area (Å²) in [7, 11) is 1.75. The van der Waals surface area contributed by atoms with E-state index in [4.69, 9.17) is 0 Å². The molecule has 0 aromatic heterocycles. The summed E-state index contributed by atoms with van der Waals surface area (Å²) in [6.07, 6.45) is 0. The van der Waals surface area contributed by atoms with Crippen LogP contribution in [0.1, 0.15) is 10.4 Å². The minimum Gasteiger partial charge on any atom is -0.301 e. The molecule has 0 spiro atoms. The first-order chi connectivity index (χ1) is 5.84. The van der Waals surface area contributed by atoms with Crippen molar-refractivity contribution < 1.29 is 4.79 Å². The lowest BCUT2D eigenvalue weighted by molar-refractivity contribution is 0.0946. The van der Waals surface area contributed by atoms with Crippen molar-refractivity contribution >= 4 is 5.91 Å². The number of hydrogen-bond acceptors (Lipinski definition) is 2. The largest absolute Gasteiger partial charge is 0.301 e. The highest BCUT2D eigenvalue weighted by atomic mass is 16.1. The number of benzene rings is 1. The van der Waals surface area contributed by atoms with Crippen LogP contribution in [-0.4, -0.2) is 19.6 Å². The average molecular weight is 163 g/mol. The number of nitrogens with one attached hydrogen (secondary N) is 1. The van der Waals surface area contributed by atoms with E-state index in [1.54, 1.807) is 19.2 Å². The van der Waals surface area contributed by atoms with Gasteiger partial charge in [0.15, 0.2) is 0 Å². The van der Waals surface area contributed by atoms with E-state index in [-0.39, 0.29) is 5.91 Å². The quantitative estimate of drug-likeness (QED) is 0.709. The highest BCUT2D eigenvalue weighted by molar-refractivity contribution is 5.93. The highest BCUT2D eigenvalue weighted by Gasteiger charge is 2.02. The van der Waals surface area contributed by atoms with Crippen molar-refractivity contribution in [3.8, 4) is 0 Å². The molecule has 0 bridgehead atoms. The Morgan fingerprint density at radius 3 is 2.67 bits per heavy atom. The van der Waals surface area contributed by atoms with Crippen LogP contribution < -0.4 is 10.6 Å². The van der Waals surface area contributed by atoms with E-state index in [2.05, 4.69) is 10.6 Å². The first-order valence-electron chi connectivity index (χ1n) is 3.76. The summed E-state index contributed by atoms with van der Waals surface area (Å²) in [4.78, 5) is 11.2. The smallest absolute Gasteiger partial charge is 0.273 e. The molecule has 0 aliphatic rings. The van der Waals surface area contributed by atoms with E-state index in [0.717, 1.165) is 0 Å². The molecule has 1 aromatic carbocycles. The summed E-state index contributed by atoms with van der Waals surface area (Å²) in [5.41, 5.74) is 0.632. The minimum absolute atomic E-state index is 0.176. The second kappa shape index (κ2) is 4.51. The fourth-order valence-corrected chi connectivity index (χ4v) is 0.823. The molecule has 3 heteroatoms. The summed E-state index contributed by atoms with van der Waals surface area (Å²) < 4.78 is 0. The van der Waals surface area contributed by atoms with Crippen molar-refractivity contribution in [3.05, 3.63) is 35.9 Å². The van der Waals surface area contributed by atoms with Crippen LogP contribution in [0.25, 0.3) is 0 Å². The molecule has 0 atom stereocenters. The molecule has 12 heavy (non-hydrogen) atoms. The summed E-state index contributed by atoms with van der Waals surface area (Å²) in [5.74, 6) is -0.176. The second-order valence-electron chi connectivity index (χ2n) is 2.34. The third-order valence-electron chi connectivity index (χ3n) is 1.40. The Kier molecular flexibility index (Phi) is 3.29. The maximum atomic E-state index is 11.2. The average Bonchev–Trinajstić information content (AvgIpc) is 2.15. The first kappa shape index (κ1) is 8.74. The Bertz CT molecular complexity index is 246. The van der Waals surface area contributed by atoms with E-state index >= 15 is 0 Å². The zero-order chi connectivity index (χ0) is 8.81. The molecule has 1 radical (unpaired) electrons. The maximum Gasteiger partial charge on any atom is 0.273 e. The van der Waals surface area contributed by atoms with Crippen molar-refractivity contribution in [3.63, 3.8) is 0 Å². The molecule has 1 aromatic rings. The van der Waals surface area contributed by atoms with Crippen LogP contribution in [-0.2, 0) is 0 Å². The van der Waals surface area contributed by atoms with Gasteiger partial charge < -0.3 is 5.32 Å². The van der Waals surface area contributed by atoms with Crippen LogP contribution in [0.4, 0.5) is 0 Å². The lowest BCUT2D eigenvalue weighted by Gasteiger charge is -1.99. The molecule has 0 saturated heterocycles.